The monoisotopic (exact) mass is 273 g/mol. The van der Waals surface area contributed by atoms with Gasteiger partial charge in [0, 0.05) is 18.5 Å². The van der Waals surface area contributed by atoms with Gasteiger partial charge < -0.3 is 4.90 Å². The Morgan fingerprint density at radius 1 is 1.30 bits per heavy atom. The van der Waals surface area contributed by atoms with Gasteiger partial charge in [0.2, 0.25) is 5.91 Å². The summed E-state index contributed by atoms with van der Waals surface area (Å²) >= 11 is 0. The van der Waals surface area contributed by atoms with Crippen molar-refractivity contribution in [1.82, 2.24) is 4.90 Å². The first-order valence-corrected chi connectivity index (χ1v) is 7.45. The fourth-order valence-corrected chi connectivity index (χ4v) is 2.96. The summed E-state index contributed by atoms with van der Waals surface area (Å²) in [5.74, 6) is 0.220. The Morgan fingerprint density at radius 3 is 2.70 bits per heavy atom. The van der Waals surface area contributed by atoms with E-state index in [2.05, 4.69) is 0 Å². The van der Waals surface area contributed by atoms with Crippen molar-refractivity contribution in [2.45, 2.75) is 52.5 Å². The van der Waals surface area contributed by atoms with Gasteiger partial charge in [0.25, 0.3) is 0 Å². The predicted octanol–water partition coefficient (Wildman–Crippen LogP) is 3.28. The number of carbonyl (C=O) groups excluding carboxylic acids is 2. The fourth-order valence-electron chi connectivity index (χ4n) is 2.96. The topological polar surface area (TPSA) is 37.4 Å². The zero-order valence-electron chi connectivity index (χ0n) is 12.6. The summed E-state index contributed by atoms with van der Waals surface area (Å²) in [6, 6.07) is 5.64. The lowest BCUT2D eigenvalue weighted by Gasteiger charge is -2.24. The highest BCUT2D eigenvalue weighted by Gasteiger charge is 2.34. The van der Waals surface area contributed by atoms with Crippen molar-refractivity contribution >= 4 is 11.7 Å². The van der Waals surface area contributed by atoms with E-state index in [1.807, 2.05) is 39.0 Å². The smallest absolute Gasteiger partial charge is 0.223 e. The number of ketones is 1. The largest absolute Gasteiger partial charge is 0.332 e. The molecule has 108 valence electrons. The maximum atomic E-state index is 12.7. The molecule has 1 aliphatic rings. The zero-order valence-corrected chi connectivity index (χ0v) is 12.6. The molecule has 1 aromatic carbocycles. The van der Waals surface area contributed by atoms with Crippen LogP contribution in [0.25, 0.3) is 0 Å². The van der Waals surface area contributed by atoms with E-state index in [1.54, 1.807) is 4.90 Å². The lowest BCUT2D eigenvalue weighted by molar-refractivity contribution is -0.131. The standard InChI is InChI=1S/C17H23NO2/c1-4-6-16(19)18-10-5-7-15(18)17(20)14-9-8-12(2)11-13(14)3/h8-9,11,15H,4-7,10H2,1-3H3. The van der Waals surface area contributed by atoms with Crippen LogP contribution in [-0.2, 0) is 4.79 Å². The van der Waals surface area contributed by atoms with Crippen LogP contribution in [0.2, 0.25) is 0 Å². The molecular formula is C17H23NO2. The molecule has 1 amide bonds. The number of hydrogen-bond acceptors (Lipinski definition) is 2. The van der Waals surface area contributed by atoms with Crippen LogP contribution in [0.3, 0.4) is 0 Å². The molecular weight excluding hydrogens is 250 g/mol. The number of benzene rings is 1. The van der Waals surface area contributed by atoms with Gasteiger partial charge in [-0.15, -0.1) is 0 Å². The van der Waals surface area contributed by atoms with Gasteiger partial charge in [-0.05, 0) is 38.7 Å². The van der Waals surface area contributed by atoms with Crippen LogP contribution in [0, 0.1) is 13.8 Å². The minimum absolute atomic E-state index is 0.101. The number of aryl methyl sites for hydroxylation is 2. The van der Waals surface area contributed by atoms with E-state index in [1.165, 1.54) is 0 Å². The molecule has 3 heteroatoms. The molecule has 0 spiro atoms. The molecule has 0 bridgehead atoms. The second kappa shape index (κ2) is 6.21. The lowest BCUT2D eigenvalue weighted by atomic mass is 9.96. The van der Waals surface area contributed by atoms with Crippen molar-refractivity contribution < 1.29 is 9.59 Å². The van der Waals surface area contributed by atoms with Crippen LogP contribution in [0.15, 0.2) is 18.2 Å². The van der Waals surface area contributed by atoms with Gasteiger partial charge in [-0.25, -0.2) is 0 Å². The molecule has 0 aliphatic carbocycles. The number of Topliss-reactive ketones (excluding diaryl/α,β-unsaturated/α-hetero) is 1. The third kappa shape index (κ3) is 2.92. The van der Waals surface area contributed by atoms with Gasteiger partial charge in [-0.2, -0.15) is 0 Å². The van der Waals surface area contributed by atoms with Crippen molar-refractivity contribution in [2.75, 3.05) is 6.54 Å². The first kappa shape index (κ1) is 14.8. The van der Waals surface area contributed by atoms with E-state index >= 15 is 0 Å². The molecule has 1 aromatic rings. The third-order valence-electron chi connectivity index (χ3n) is 3.99. The summed E-state index contributed by atoms with van der Waals surface area (Å²) in [5, 5.41) is 0. The van der Waals surface area contributed by atoms with Gasteiger partial charge in [0.05, 0.1) is 6.04 Å². The number of hydrogen-bond donors (Lipinski definition) is 0. The van der Waals surface area contributed by atoms with E-state index in [0.717, 1.165) is 42.5 Å². The number of nitrogens with zero attached hydrogens (tertiary/aromatic N) is 1. The lowest BCUT2D eigenvalue weighted by Crippen LogP contribution is -2.40. The molecule has 0 aromatic heterocycles. The van der Waals surface area contributed by atoms with Gasteiger partial charge in [-0.3, -0.25) is 9.59 Å². The third-order valence-corrected chi connectivity index (χ3v) is 3.99. The average molecular weight is 273 g/mol. The highest BCUT2D eigenvalue weighted by atomic mass is 16.2. The van der Waals surface area contributed by atoms with Crippen LogP contribution in [-0.4, -0.2) is 29.2 Å². The molecule has 1 unspecified atom stereocenters. The van der Waals surface area contributed by atoms with Crippen molar-refractivity contribution in [3.05, 3.63) is 34.9 Å². The minimum Gasteiger partial charge on any atom is -0.332 e. The summed E-state index contributed by atoms with van der Waals surface area (Å²) in [7, 11) is 0. The predicted molar refractivity (Wildman–Crippen MR) is 79.9 cm³/mol. The summed E-state index contributed by atoms with van der Waals surface area (Å²) in [5.41, 5.74) is 2.92. The van der Waals surface area contributed by atoms with E-state index in [4.69, 9.17) is 0 Å². The number of likely N-dealkylation sites (tertiary alicyclic amines) is 1. The highest BCUT2D eigenvalue weighted by molar-refractivity contribution is 6.03. The Labute approximate surface area is 121 Å². The number of rotatable bonds is 4. The quantitative estimate of drug-likeness (QED) is 0.789. The van der Waals surface area contributed by atoms with E-state index in [-0.39, 0.29) is 17.7 Å². The zero-order chi connectivity index (χ0) is 14.7. The molecule has 1 heterocycles. The molecule has 1 saturated heterocycles. The Hall–Kier alpha value is -1.64. The molecule has 0 saturated carbocycles. The molecule has 3 nitrogen and oxygen atoms in total. The summed E-state index contributed by atoms with van der Waals surface area (Å²) in [4.78, 5) is 26.6. The minimum atomic E-state index is -0.254. The van der Waals surface area contributed by atoms with Crippen LogP contribution in [0.1, 0.15) is 54.1 Å². The van der Waals surface area contributed by atoms with Crippen LogP contribution in [0.4, 0.5) is 0 Å². The van der Waals surface area contributed by atoms with Crippen LogP contribution in [0.5, 0.6) is 0 Å². The first-order chi connectivity index (χ1) is 9.54. The molecule has 0 N–H and O–H groups in total. The van der Waals surface area contributed by atoms with Crippen LogP contribution >= 0.6 is 0 Å². The van der Waals surface area contributed by atoms with E-state index in [9.17, 15) is 9.59 Å². The Bertz CT molecular complexity index is 522. The van der Waals surface area contributed by atoms with Gasteiger partial charge in [0.1, 0.15) is 0 Å². The van der Waals surface area contributed by atoms with Gasteiger partial charge in [0.15, 0.2) is 5.78 Å². The second-order valence-corrected chi connectivity index (χ2v) is 5.68. The number of carbonyl (C=O) groups is 2. The molecule has 2 rings (SSSR count). The Kier molecular flexibility index (Phi) is 4.58. The summed E-state index contributed by atoms with van der Waals surface area (Å²) in [6.07, 6.45) is 3.09. The van der Waals surface area contributed by atoms with Gasteiger partial charge >= 0.3 is 0 Å². The van der Waals surface area contributed by atoms with Crippen molar-refractivity contribution in [3.63, 3.8) is 0 Å². The van der Waals surface area contributed by atoms with E-state index in [0.29, 0.717) is 6.42 Å². The normalized spacial score (nSPS) is 18.4. The number of amides is 1. The summed E-state index contributed by atoms with van der Waals surface area (Å²) < 4.78 is 0. The highest BCUT2D eigenvalue weighted by Crippen LogP contribution is 2.24. The Morgan fingerprint density at radius 2 is 2.05 bits per heavy atom. The van der Waals surface area contributed by atoms with Crippen molar-refractivity contribution in [2.24, 2.45) is 0 Å². The summed E-state index contributed by atoms with van der Waals surface area (Å²) in [6.45, 7) is 6.70. The van der Waals surface area contributed by atoms with Crippen molar-refractivity contribution in [1.29, 1.82) is 0 Å². The molecule has 0 radical (unpaired) electrons. The van der Waals surface area contributed by atoms with Gasteiger partial charge in [-0.1, -0.05) is 30.7 Å². The molecule has 20 heavy (non-hydrogen) atoms. The maximum Gasteiger partial charge on any atom is 0.223 e. The second-order valence-electron chi connectivity index (χ2n) is 5.68. The molecule has 1 fully saturated rings. The van der Waals surface area contributed by atoms with Crippen LogP contribution < -0.4 is 0 Å². The first-order valence-electron chi connectivity index (χ1n) is 7.45. The van der Waals surface area contributed by atoms with Crippen molar-refractivity contribution in [3.8, 4) is 0 Å². The average Bonchev–Trinajstić information content (AvgIpc) is 2.87. The Balaban J connectivity index is 2.21. The molecule has 1 atom stereocenters. The fraction of sp³-hybridized carbons (Fsp3) is 0.529. The molecule has 1 aliphatic heterocycles. The SMILES string of the molecule is CCCC(=O)N1CCCC1C(=O)c1ccc(C)cc1C. The van der Waals surface area contributed by atoms with E-state index < -0.39 is 0 Å². The maximum absolute atomic E-state index is 12.7.